The topological polar surface area (TPSA) is 55.8 Å². The zero-order valence-corrected chi connectivity index (χ0v) is 14.1. The number of carbonyl (C=O) groups excluding carboxylic acids is 2. The van der Waals surface area contributed by atoms with E-state index in [1.807, 2.05) is 30.3 Å². The number of ether oxygens (including phenoxy) is 2. The molecule has 0 aromatic heterocycles. The number of hydrogen-bond donors (Lipinski definition) is 0. The van der Waals surface area contributed by atoms with Crippen LogP contribution in [0.3, 0.4) is 0 Å². The number of methoxy groups -OCH3 is 2. The van der Waals surface area contributed by atoms with Crippen LogP contribution in [0.5, 0.6) is 0 Å². The molecule has 5 heteroatoms. The minimum absolute atomic E-state index is 0.0189. The van der Waals surface area contributed by atoms with Crippen molar-refractivity contribution in [2.75, 3.05) is 20.8 Å². The first-order valence-corrected chi connectivity index (χ1v) is 7.79. The molecule has 0 atom stereocenters. The van der Waals surface area contributed by atoms with Gasteiger partial charge < -0.3 is 14.4 Å². The Bertz CT molecular complexity index is 525. The molecule has 0 aliphatic heterocycles. The summed E-state index contributed by atoms with van der Waals surface area (Å²) in [5, 5.41) is 0. The van der Waals surface area contributed by atoms with Gasteiger partial charge >= 0.3 is 5.97 Å². The normalized spacial score (nSPS) is 11.0. The molecule has 0 saturated heterocycles. The summed E-state index contributed by atoms with van der Waals surface area (Å²) in [6, 6.07) is 9.52. The second kappa shape index (κ2) is 10.4. The molecule has 23 heavy (non-hydrogen) atoms. The van der Waals surface area contributed by atoms with E-state index >= 15 is 0 Å². The molecule has 1 aromatic carbocycles. The van der Waals surface area contributed by atoms with Gasteiger partial charge in [-0.25, -0.2) is 4.79 Å². The minimum atomic E-state index is -0.597. The Morgan fingerprint density at radius 1 is 1.09 bits per heavy atom. The largest absolute Gasteiger partial charge is 0.489 e. The first-order chi connectivity index (χ1) is 11.1. The third-order valence-corrected chi connectivity index (χ3v) is 3.40. The number of rotatable bonds is 9. The molecule has 1 rings (SSSR count). The molecule has 0 fully saturated rings. The summed E-state index contributed by atoms with van der Waals surface area (Å²) < 4.78 is 9.69. The molecular formula is C18H25NO4. The molecule has 0 radical (unpaired) electrons. The van der Waals surface area contributed by atoms with Gasteiger partial charge in [0.05, 0.1) is 26.8 Å². The summed E-state index contributed by atoms with van der Waals surface area (Å²) in [7, 11) is 2.66. The van der Waals surface area contributed by atoms with Crippen molar-refractivity contribution in [2.45, 2.75) is 32.6 Å². The van der Waals surface area contributed by atoms with Crippen molar-refractivity contribution in [3.63, 3.8) is 0 Å². The van der Waals surface area contributed by atoms with E-state index in [2.05, 4.69) is 11.7 Å². The third-order valence-electron chi connectivity index (χ3n) is 3.40. The summed E-state index contributed by atoms with van der Waals surface area (Å²) in [6.45, 7) is 2.64. The van der Waals surface area contributed by atoms with Gasteiger partial charge in [0.1, 0.15) is 0 Å². The molecule has 126 valence electrons. The van der Waals surface area contributed by atoms with E-state index in [-0.39, 0.29) is 18.1 Å². The SMILES string of the molecule is CCCCCN(/C=C(\OC)C(=O)OC)C(=O)Cc1ccccc1. The van der Waals surface area contributed by atoms with Crippen molar-refractivity contribution in [2.24, 2.45) is 0 Å². The van der Waals surface area contributed by atoms with Crippen molar-refractivity contribution in [3.8, 4) is 0 Å². The molecule has 0 saturated carbocycles. The van der Waals surface area contributed by atoms with Gasteiger partial charge in [-0.3, -0.25) is 4.79 Å². The van der Waals surface area contributed by atoms with Crippen molar-refractivity contribution >= 4 is 11.9 Å². The summed E-state index contributed by atoms with van der Waals surface area (Å²) in [6.07, 6.45) is 4.65. The van der Waals surface area contributed by atoms with E-state index in [0.717, 1.165) is 24.8 Å². The lowest BCUT2D eigenvalue weighted by atomic mass is 10.1. The zero-order valence-electron chi connectivity index (χ0n) is 14.1. The molecule has 0 aliphatic rings. The Kier molecular flexibility index (Phi) is 8.50. The van der Waals surface area contributed by atoms with Crippen molar-refractivity contribution in [1.82, 2.24) is 4.90 Å². The van der Waals surface area contributed by atoms with Crippen LogP contribution in [-0.4, -0.2) is 37.5 Å². The van der Waals surface area contributed by atoms with Gasteiger partial charge in [-0.2, -0.15) is 0 Å². The zero-order chi connectivity index (χ0) is 17.1. The van der Waals surface area contributed by atoms with Gasteiger partial charge in [0.25, 0.3) is 0 Å². The summed E-state index contributed by atoms with van der Waals surface area (Å²) in [5.41, 5.74) is 0.934. The Labute approximate surface area is 137 Å². The first-order valence-electron chi connectivity index (χ1n) is 7.79. The van der Waals surface area contributed by atoms with Crippen LogP contribution in [0.2, 0.25) is 0 Å². The molecule has 0 heterocycles. The van der Waals surface area contributed by atoms with Crippen LogP contribution in [-0.2, 0) is 25.5 Å². The quantitative estimate of drug-likeness (QED) is 0.304. The molecule has 0 bridgehead atoms. The minimum Gasteiger partial charge on any atom is -0.489 e. The number of benzene rings is 1. The highest BCUT2D eigenvalue weighted by molar-refractivity contribution is 5.87. The van der Waals surface area contributed by atoms with Crippen LogP contribution >= 0.6 is 0 Å². The highest BCUT2D eigenvalue weighted by atomic mass is 16.6. The van der Waals surface area contributed by atoms with E-state index in [1.165, 1.54) is 20.4 Å². The molecule has 0 unspecified atom stereocenters. The lowest BCUT2D eigenvalue weighted by Crippen LogP contribution is -2.30. The van der Waals surface area contributed by atoms with E-state index in [9.17, 15) is 9.59 Å². The smallest absolute Gasteiger partial charge is 0.374 e. The highest BCUT2D eigenvalue weighted by Crippen LogP contribution is 2.09. The molecular weight excluding hydrogens is 294 g/mol. The number of unbranched alkanes of at least 4 members (excludes halogenated alkanes) is 2. The van der Waals surface area contributed by atoms with Crippen molar-refractivity contribution < 1.29 is 19.1 Å². The maximum Gasteiger partial charge on any atom is 0.374 e. The van der Waals surface area contributed by atoms with E-state index in [0.29, 0.717) is 6.54 Å². The summed E-state index contributed by atoms with van der Waals surface area (Å²) in [4.78, 5) is 25.7. The van der Waals surface area contributed by atoms with Gasteiger partial charge in [0, 0.05) is 6.54 Å². The van der Waals surface area contributed by atoms with Crippen molar-refractivity contribution in [3.05, 3.63) is 47.9 Å². The summed E-state index contributed by atoms with van der Waals surface area (Å²) >= 11 is 0. The average molecular weight is 319 g/mol. The lowest BCUT2D eigenvalue weighted by Gasteiger charge is -2.19. The van der Waals surface area contributed by atoms with Gasteiger partial charge in [-0.05, 0) is 12.0 Å². The number of hydrogen-bond acceptors (Lipinski definition) is 4. The predicted molar refractivity (Wildman–Crippen MR) is 88.5 cm³/mol. The molecule has 1 amide bonds. The van der Waals surface area contributed by atoms with Gasteiger partial charge in [0.15, 0.2) is 0 Å². The molecule has 0 N–H and O–H groups in total. The van der Waals surface area contributed by atoms with E-state index in [1.54, 1.807) is 4.90 Å². The monoisotopic (exact) mass is 319 g/mol. The Hall–Kier alpha value is -2.30. The van der Waals surface area contributed by atoms with Crippen LogP contribution in [0.4, 0.5) is 0 Å². The van der Waals surface area contributed by atoms with Gasteiger partial charge in [0.2, 0.25) is 11.7 Å². The molecule has 1 aromatic rings. The van der Waals surface area contributed by atoms with Crippen molar-refractivity contribution in [1.29, 1.82) is 0 Å². The standard InChI is InChI=1S/C18H25NO4/c1-4-5-9-12-19(14-16(22-2)18(21)23-3)17(20)13-15-10-7-6-8-11-15/h6-8,10-11,14H,4-5,9,12-13H2,1-3H3/b16-14-. The van der Waals surface area contributed by atoms with Crippen LogP contribution < -0.4 is 0 Å². The maximum absolute atomic E-state index is 12.5. The van der Waals surface area contributed by atoms with Gasteiger partial charge in [-0.15, -0.1) is 0 Å². The van der Waals surface area contributed by atoms with E-state index in [4.69, 9.17) is 4.74 Å². The van der Waals surface area contributed by atoms with Crippen LogP contribution in [0, 0.1) is 0 Å². The average Bonchev–Trinajstić information content (AvgIpc) is 2.58. The highest BCUT2D eigenvalue weighted by Gasteiger charge is 2.17. The second-order valence-corrected chi connectivity index (χ2v) is 5.15. The predicted octanol–water partition coefficient (Wildman–Crippen LogP) is 2.91. The number of amides is 1. The fourth-order valence-corrected chi connectivity index (χ4v) is 2.10. The lowest BCUT2D eigenvalue weighted by molar-refractivity contribution is -0.139. The second-order valence-electron chi connectivity index (χ2n) is 5.15. The number of esters is 1. The van der Waals surface area contributed by atoms with Gasteiger partial charge in [-0.1, -0.05) is 50.1 Å². The molecule has 0 aliphatic carbocycles. The fourth-order valence-electron chi connectivity index (χ4n) is 2.10. The third kappa shape index (κ3) is 6.55. The Morgan fingerprint density at radius 3 is 2.35 bits per heavy atom. The fraction of sp³-hybridized carbons (Fsp3) is 0.444. The first kappa shape index (κ1) is 18.7. The number of carbonyl (C=O) groups is 2. The Balaban J connectivity index is 2.87. The summed E-state index contributed by atoms with van der Waals surface area (Å²) in [5.74, 6) is -0.656. The number of nitrogens with zero attached hydrogens (tertiary/aromatic N) is 1. The van der Waals surface area contributed by atoms with Crippen LogP contribution in [0.1, 0.15) is 31.7 Å². The maximum atomic E-state index is 12.5. The molecule has 5 nitrogen and oxygen atoms in total. The van der Waals surface area contributed by atoms with E-state index < -0.39 is 5.97 Å². The van der Waals surface area contributed by atoms with Crippen LogP contribution in [0.15, 0.2) is 42.3 Å². The Morgan fingerprint density at radius 2 is 1.78 bits per heavy atom. The van der Waals surface area contributed by atoms with Crippen LogP contribution in [0.25, 0.3) is 0 Å². The molecule has 0 spiro atoms.